The molecular weight excluding hydrogens is 232 g/mol. The fourth-order valence-electron chi connectivity index (χ4n) is 1.32. The number of rotatable bonds is 3. The quantitative estimate of drug-likeness (QED) is 0.773. The maximum atomic E-state index is 8.73. The van der Waals surface area contributed by atoms with Crippen LogP contribution in [0.15, 0.2) is 47.5 Å². The second-order valence-corrected chi connectivity index (χ2v) is 4.15. The zero-order chi connectivity index (χ0) is 12.1. The van der Waals surface area contributed by atoms with Crippen LogP contribution in [0.1, 0.15) is 5.69 Å². The topological polar surface area (TPSA) is 45.9 Å². The van der Waals surface area contributed by atoms with Crippen molar-refractivity contribution in [1.82, 2.24) is 4.98 Å². The summed E-state index contributed by atoms with van der Waals surface area (Å²) in [5.74, 6) is 1.37. The first-order valence-electron chi connectivity index (χ1n) is 5.00. The summed E-state index contributed by atoms with van der Waals surface area (Å²) in [5, 5.41) is 8.73. The number of aromatic nitrogens is 1. The lowest BCUT2D eigenvalue weighted by Crippen LogP contribution is -1.87. The predicted octanol–water partition coefficient (Wildman–Crippen LogP) is 3.47. The summed E-state index contributed by atoms with van der Waals surface area (Å²) in [7, 11) is 0. The van der Waals surface area contributed by atoms with Gasteiger partial charge in [0.15, 0.2) is 0 Å². The van der Waals surface area contributed by atoms with Gasteiger partial charge in [-0.15, -0.1) is 11.8 Å². The molecule has 0 spiro atoms. The summed E-state index contributed by atoms with van der Waals surface area (Å²) < 4.78 is 5.62. The van der Waals surface area contributed by atoms with Crippen LogP contribution in [0.2, 0.25) is 0 Å². The molecule has 0 aliphatic rings. The molecule has 1 aromatic carbocycles. The van der Waals surface area contributed by atoms with Crippen molar-refractivity contribution in [3.8, 4) is 17.6 Å². The molecule has 0 amide bonds. The summed E-state index contributed by atoms with van der Waals surface area (Å²) >= 11 is 1.68. The third-order valence-corrected chi connectivity index (χ3v) is 2.88. The lowest BCUT2D eigenvalue weighted by Gasteiger charge is -2.05. The van der Waals surface area contributed by atoms with Crippen LogP contribution in [0.4, 0.5) is 0 Å². The highest BCUT2D eigenvalue weighted by molar-refractivity contribution is 7.98. The van der Waals surface area contributed by atoms with Crippen molar-refractivity contribution in [2.75, 3.05) is 6.26 Å². The number of benzene rings is 1. The Hall–Kier alpha value is -1.99. The third kappa shape index (κ3) is 2.99. The minimum Gasteiger partial charge on any atom is -0.457 e. The molecule has 2 rings (SSSR count). The molecule has 1 aromatic heterocycles. The lowest BCUT2D eigenvalue weighted by molar-refractivity contribution is 0.481. The molecule has 0 fully saturated rings. The van der Waals surface area contributed by atoms with Crippen LogP contribution >= 0.6 is 11.8 Å². The molecule has 17 heavy (non-hydrogen) atoms. The summed E-state index contributed by atoms with van der Waals surface area (Å²) in [6.07, 6.45) is 3.59. The van der Waals surface area contributed by atoms with E-state index < -0.39 is 0 Å². The largest absolute Gasteiger partial charge is 0.457 e. The van der Waals surface area contributed by atoms with Crippen LogP contribution in [0.5, 0.6) is 11.5 Å². The van der Waals surface area contributed by atoms with Gasteiger partial charge in [-0.2, -0.15) is 5.26 Å². The summed E-state index contributed by atoms with van der Waals surface area (Å²) in [4.78, 5) is 5.07. The Morgan fingerprint density at radius 1 is 1.18 bits per heavy atom. The maximum absolute atomic E-state index is 8.73. The minimum absolute atomic E-state index is 0.350. The van der Waals surface area contributed by atoms with Gasteiger partial charge in [-0.1, -0.05) is 0 Å². The fourth-order valence-corrected chi connectivity index (χ4v) is 1.72. The zero-order valence-corrected chi connectivity index (χ0v) is 10.1. The van der Waals surface area contributed by atoms with E-state index in [2.05, 4.69) is 4.98 Å². The number of hydrogen-bond acceptors (Lipinski definition) is 4. The van der Waals surface area contributed by atoms with Gasteiger partial charge in [0.1, 0.15) is 23.3 Å². The number of pyridine rings is 1. The van der Waals surface area contributed by atoms with Crippen molar-refractivity contribution in [2.45, 2.75) is 4.90 Å². The van der Waals surface area contributed by atoms with E-state index in [0.29, 0.717) is 11.4 Å². The van der Waals surface area contributed by atoms with E-state index in [-0.39, 0.29) is 0 Å². The van der Waals surface area contributed by atoms with Gasteiger partial charge in [0.2, 0.25) is 0 Å². The molecule has 1 heterocycles. The van der Waals surface area contributed by atoms with Crippen molar-refractivity contribution >= 4 is 11.8 Å². The van der Waals surface area contributed by atoms with Gasteiger partial charge in [0, 0.05) is 17.2 Å². The first-order chi connectivity index (χ1) is 8.31. The average molecular weight is 242 g/mol. The number of nitriles is 1. The molecule has 0 aliphatic heterocycles. The molecule has 0 aliphatic carbocycles. The second-order valence-electron chi connectivity index (χ2n) is 3.27. The summed E-state index contributed by atoms with van der Waals surface area (Å²) in [6, 6.07) is 13.1. The number of nitrogens with zero attached hydrogens (tertiary/aromatic N) is 2. The molecule has 4 heteroatoms. The summed E-state index contributed by atoms with van der Waals surface area (Å²) in [5.41, 5.74) is 0.350. The molecule has 84 valence electrons. The van der Waals surface area contributed by atoms with Crippen molar-refractivity contribution in [3.63, 3.8) is 0 Å². The number of thioether (sulfide) groups is 1. The van der Waals surface area contributed by atoms with Crippen LogP contribution in [0.25, 0.3) is 0 Å². The van der Waals surface area contributed by atoms with E-state index in [4.69, 9.17) is 10.00 Å². The Bertz CT molecular complexity index is 546. The molecular formula is C13H10N2OS. The molecule has 3 nitrogen and oxygen atoms in total. The second kappa shape index (κ2) is 5.37. The fraction of sp³-hybridized carbons (Fsp3) is 0.0769. The van der Waals surface area contributed by atoms with E-state index >= 15 is 0 Å². The first kappa shape index (κ1) is 11.5. The SMILES string of the molecule is CSc1ccc(Oc2ccnc(C#N)c2)cc1. The zero-order valence-electron chi connectivity index (χ0n) is 9.25. The van der Waals surface area contributed by atoms with Crippen LogP contribution in [-0.4, -0.2) is 11.2 Å². The van der Waals surface area contributed by atoms with Crippen molar-refractivity contribution in [1.29, 1.82) is 5.26 Å². The van der Waals surface area contributed by atoms with E-state index in [0.717, 1.165) is 5.75 Å². The Balaban J connectivity index is 2.16. The van der Waals surface area contributed by atoms with Gasteiger partial charge in [0.25, 0.3) is 0 Å². The van der Waals surface area contributed by atoms with Crippen LogP contribution in [-0.2, 0) is 0 Å². The van der Waals surface area contributed by atoms with E-state index in [1.165, 1.54) is 4.90 Å². The molecule has 0 saturated heterocycles. The Morgan fingerprint density at radius 3 is 2.59 bits per heavy atom. The number of ether oxygens (including phenoxy) is 1. The van der Waals surface area contributed by atoms with E-state index in [1.807, 2.05) is 36.6 Å². The maximum Gasteiger partial charge on any atom is 0.144 e. The standard InChI is InChI=1S/C13H10N2OS/c1-17-13-4-2-11(3-5-13)16-12-6-7-15-10(8-12)9-14/h2-8H,1H3. The molecule has 0 atom stereocenters. The molecule has 0 saturated carbocycles. The normalized spacial score (nSPS) is 9.65. The van der Waals surface area contributed by atoms with E-state index in [9.17, 15) is 0 Å². The molecule has 0 unspecified atom stereocenters. The molecule has 0 bridgehead atoms. The average Bonchev–Trinajstić information content (AvgIpc) is 2.40. The smallest absolute Gasteiger partial charge is 0.144 e. The van der Waals surface area contributed by atoms with Crippen molar-refractivity contribution in [3.05, 3.63) is 48.3 Å². The predicted molar refractivity (Wildman–Crippen MR) is 67.2 cm³/mol. The Kier molecular flexibility index (Phi) is 3.63. The molecule has 2 aromatic rings. The highest BCUT2D eigenvalue weighted by Gasteiger charge is 1.99. The van der Waals surface area contributed by atoms with Gasteiger partial charge < -0.3 is 4.74 Å². The van der Waals surface area contributed by atoms with Gasteiger partial charge in [-0.25, -0.2) is 4.98 Å². The highest BCUT2D eigenvalue weighted by atomic mass is 32.2. The minimum atomic E-state index is 0.350. The lowest BCUT2D eigenvalue weighted by atomic mass is 10.3. The van der Waals surface area contributed by atoms with E-state index in [1.54, 1.807) is 30.1 Å². The number of hydrogen-bond donors (Lipinski definition) is 0. The highest BCUT2D eigenvalue weighted by Crippen LogP contribution is 2.24. The first-order valence-corrected chi connectivity index (χ1v) is 6.22. The Morgan fingerprint density at radius 2 is 1.94 bits per heavy atom. The monoisotopic (exact) mass is 242 g/mol. The van der Waals surface area contributed by atoms with Gasteiger partial charge in [-0.3, -0.25) is 0 Å². The molecule has 0 N–H and O–H groups in total. The third-order valence-electron chi connectivity index (χ3n) is 2.14. The molecule has 0 radical (unpaired) electrons. The van der Waals surface area contributed by atoms with Crippen LogP contribution < -0.4 is 4.74 Å². The summed E-state index contributed by atoms with van der Waals surface area (Å²) in [6.45, 7) is 0. The Labute approximate surface area is 104 Å². The van der Waals surface area contributed by atoms with Crippen molar-refractivity contribution < 1.29 is 4.74 Å². The van der Waals surface area contributed by atoms with Crippen LogP contribution in [0, 0.1) is 11.3 Å². The van der Waals surface area contributed by atoms with Crippen molar-refractivity contribution in [2.24, 2.45) is 0 Å². The van der Waals surface area contributed by atoms with Gasteiger partial charge >= 0.3 is 0 Å². The van der Waals surface area contributed by atoms with Crippen LogP contribution in [0.3, 0.4) is 0 Å². The van der Waals surface area contributed by atoms with Gasteiger partial charge in [-0.05, 0) is 36.6 Å². The van der Waals surface area contributed by atoms with Gasteiger partial charge in [0.05, 0.1) is 0 Å².